The molecule has 0 heterocycles. The van der Waals surface area contributed by atoms with Gasteiger partial charge in [-0.15, -0.1) is 0 Å². The Morgan fingerprint density at radius 3 is 1.53 bits per heavy atom. The Bertz CT molecular complexity index is 677. The molecule has 6 N–H and O–H groups in total. The second kappa shape index (κ2) is 17.5. The molecular weight excluding hydrogens is 404 g/mol. The van der Waals surface area contributed by atoms with Crippen molar-refractivity contribution >= 4 is 14.3 Å². The third-order valence-corrected chi connectivity index (χ3v) is 5.11. The molecule has 9 heteroatoms. The molecule has 0 fully saturated rings. The van der Waals surface area contributed by atoms with E-state index in [2.05, 4.69) is 10.6 Å². The molecule has 0 aliphatic rings. The monoisotopic (exact) mass is 439 g/mol. The van der Waals surface area contributed by atoms with Crippen molar-refractivity contribution in [3.05, 3.63) is 71.8 Å². The van der Waals surface area contributed by atoms with Gasteiger partial charge in [0.1, 0.15) is 0 Å². The number of nitrogens with one attached hydrogen (secondary N) is 2. The van der Waals surface area contributed by atoms with Gasteiger partial charge in [0.25, 0.3) is 0 Å². The van der Waals surface area contributed by atoms with Crippen LogP contribution in [0.15, 0.2) is 60.7 Å². The van der Waals surface area contributed by atoms with Crippen molar-refractivity contribution in [2.45, 2.75) is 50.5 Å². The van der Waals surface area contributed by atoms with Crippen LogP contribution in [-0.2, 0) is 22.3 Å². The molecule has 0 amide bonds. The first-order valence-corrected chi connectivity index (χ1v) is 11.0. The van der Waals surface area contributed by atoms with Gasteiger partial charge in [-0.1, -0.05) is 0 Å². The van der Waals surface area contributed by atoms with Crippen LogP contribution in [0.4, 0.5) is 0 Å². The number of aliphatic hydroxyl groups excluding tert-OH is 2. The van der Waals surface area contributed by atoms with Gasteiger partial charge in [-0.2, -0.15) is 0 Å². The summed E-state index contributed by atoms with van der Waals surface area (Å²) in [5, 5.41) is 25.6. The topological polar surface area (TPSA) is 125 Å². The van der Waals surface area contributed by atoms with E-state index >= 15 is 0 Å². The Hall–Kier alpha value is -2.03. The van der Waals surface area contributed by atoms with Crippen molar-refractivity contribution in [1.82, 2.24) is 10.6 Å². The minimum absolute atomic E-state index is 0.0578. The number of rotatable bonds is 14. The van der Waals surface area contributed by atoms with Gasteiger partial charge in [0.15, 0.2) is 0 Å². The van der Waals surface area contributed by atoms with Gasteiger partial charge in [-0.05, 0) is 0 Å². The molecule has 0 radical (unpaired) electrons. The molecule has 32 heavy (non-hydrogen) atoms. The van der Waals surface area contributed by atoms with Crippen molar-refractivity contribution in [3.8, 4) is 0 Å². The van der Waals surface area contributed by atoms with Crippen molar-refractivity contribution in [2.75, 3.05) is 19.4 Å². The van der Waals surface area contributed by atoms with Gasteiger partial charge in [-0.3, -0.25) is 0 Å². The predicted molar refractivity (Wildman–Crippen MR) is 128 cm³/mol. The molecular formula is C23H35B2N3O4. The zero-order valence-electron chi connectivity index (χ0n) is 18.8. The van der Waals surface area contributed by atoms with E-state index < -0.39 is 12.2 Å². The Kier molecular flexibility index (Phi) is 15.3. The van der Waals surface area contributed by atoms with Gasteiger partial charge in [0.05, 0.1) is 0 Å². The Labute approximate surface area is 192 Å². The predicted octanol–water partition coefficient (Wildman–Crippen LogP) is 0.480. The number of nitrogens with two attached hydrogens (primary N) is 1. The molecule has 0 aliphatic carbocycles. The maximum atomic E-state index is 10.3. The van der Waals surface area contributed by atoms with Crippen molar-refractivity contribution < 1.29 is 19.6 Å². The molecule has 0 aromatic heterocycles. The molecule has 2 rings (SSSR count). The fraction of sp³-hybridized carbons (Fsp3) is 0.478. The second-order valence-electron chi connectivity index (χ2n) is 7.52. The Morgan fingerprint density at radius 2 is 1.19 bits per heavy atom. The first-order chi connectivity index (χ1) is 15.5. The van der Waals surface area contributed by atoms with E-state index in [0.717, 1.165) is 26.3 Å². The zero-order valence-corrected chi connectivity index (χ0v) is 18.8. The Balaban J connectivity index is 0.000000320. The maximum absolute atomic E-state index is 10.3. The molecule has 2 aromatic rings. The zero-order chi connectivity index (χ0) is 23.6. The van der Waals surface area contributed by atoms with Crippen molar-refractivity contribution in [3.63, 3.8) is 0 Å². The first kappa shape index (κ1) is 28.0. The summed E-state index contributed by atoms with van der Waals surface area (Å²) < 4.78 is 20.6. The summed E-state index contributed by atoms with van der Waals surface area (Å²) >= 11 is 0. The molecule has 0 bridgehead atoms. The van der Waals surface area contributed by atoms with E-state index in [4.69, 9.17) is 5.73 Å². The van der Waals surface area contributed by atoms with Crippen LogP contribution in [0.25, 0.3) is 0 Å². The fourth-order valence-electron chi connectivity index (χ4n) is 3.27. The molecule has 2 unspecified atom stereocenters. The van der Waals surface area contributed by atoms with E-state index in [-0.39, 0.29) is 31.5 Å². The summed E-state index contributed by atoms with van der Waals surface area (Å²) in [6.45, 7) is 2.12. The fourth-order valence-corrected chi connectivity index (χ4v) is 3.27. The standard InChI is InChI=1S/C12H18BNO2.C11H17BN2O2/c1-2-12(15)11(14-9-13-16)8-10-6-4-3-5-7-10;13-7-11(15)10(14-8-12-16)6-9-4-2-1-3-5-9/h3-7,11-12,14-15H,2,8-9H2,1H3;1-5,10-11,14-15H,6-8,13H2/t11-,12?;10-,11?/m00/s1. The molecule has 172 valence electrons. The van der Waals surface area contributed by atoms with Crippen LogP contribution in [0, 0.1) is 0 Å². The summed E-state index contributed by atoms with van der Waals surface area (Å²) in [4.78, 5) is 0. The number of aliphatic hydroxyl groups is 2. The van der Waals surface area contributed by atoms with Crippen LogP contribution < -0.4 is 16.4 Å². The van der Waals surface area contributed by atoms with Gasteiger partial charge in [0.2, 0.25) is 0 Å². The van der Waals surface area contributed by atoms with Crippen LogP contribution in [0.5, 0.6) is 0 Å². The van der Waals surface area contributed by atoms with Crippen LogP contribution in [0.3, 0.4) is 0 Å². The number of benzene rings is 2. The average Bonchev–Trinajstić information content (AvgIpc) is 2.85. The van der Waals surface area contributed by atoms with Crippen molar-refractivity contribution in [2.24, 2.45) is 5.73 Å². The quantitative estimate of drug-likeness (QED) is 0.271. The molecule has 4 atom stereocenters. The second-order valence-corrected chi connectivity index (χ2v) is 7.52. The summed E-state index contributed by atoms with van der Waals surface area (Å²) in [6, 6.07) is 19.5. The van der Waals surface area contributed by atoms with Crippen molar-refractivity contribution in [1.29, 1.82) is 0 Å². The average molecular weight is 439 g/mol. The number of hydrogen-bond donors (Lipinski definition) is 5. The summed E-state index contributed by atoms with van der Waals surface area (Å²) in [6.07, 6.45) is 1.55. The minimum atomic E-state index is -0.639. The Morgan fingerprint density at radius 1 is 0.781 bits per heavy atom. The van der Waals surface area contributed by atoms with E-state index in [9.17, 15) is 19.6 Å². The molecule has 0 aliphatic heterocycles. The van der Waals surface area contributed by atoms with Gasteiger partial charge in [0, 0.05) is 0 Å². The van der Waals surface area contributed by atoms with E-state index in [1.165, 1.54) is 5.56 Å². The molecule has 0 spiro atoms. The van der Waals surface area contributed by atoms with E-state index in [1.807, 2.05) is 67.6 Å². The molecule has 2 aromatic carbocycles. The number of hydrogen-bond acceptors (Lipinski definition) is 7. The van der Waals surface area contributed by atoms with Crippen LogP contribution in [-0.4, -0.2) is 68.2 Å². The van der Waals surface area contributed by atoms with Crippen LogP contribution in [0.2, 0.25) is 0 Å². The first-order valence-electron chi connectivity index (χ1n) is 11.0. The van der Waals surface area contributed by atoms with E-state index in [0.29, 0.717) is 12.8 Å². The van der Waals surface area contributed by atoms with E-state index in [1.54, 1.807) is 0 Å². The van der Waals surface area contributed by atoms with Crippen LogP contribution in [0.1, 0.15) is 24.5 Å². The summed E-state index contributed by atoms with van der Waals surface area (Å²) in [5.41, 5.74) is 7.69. The van der Waals surface area contributed by atoms with Crippen LogP contribution >= 0.6 is 0 Å². The molecule has 7 nitrogen and oxygen atoms in total. The van der Waals surface area contributed by atoms with Gasteiger partial charge >= 0.3 is 192 Å². The summed E-state index contributed by atoms with van der Waals surface area (Å²) in [5.74, 6) is 0. The third-order valence-electron chi connectivity index (χ3n) is 5.11. The SMILES string of the molecule is CCC(O)[C@H](Cc1ccccc1)NCB=O.NCC(O)[C@H](Cc1ccccc1)NCB=O. The molecule has 0 saturated heterocycles. The molecule has 0 saturated carbocycles. The summed E-state index contributed by atoms with van der Waals surface area (Å²) in [7, 11) is 1.60. The third kappa shape index (κ3) is 11.5. The normalized spacial score (nSPS) is 14.1. The van der Waals surface area contributed by atoms with Gasteiger partial charge < -0.3 is 0 Å². The van der Waals surface area contributed by atoms with Gasteiger partial charge in [-0.25, -0.2) is 0 Å².